The molecule has 0 bridgehead atoms. The normalized spacial score (nSPS) is 19.3. The SMILES string of the molecule is O=C(N[C@@H](Cc1ccncc1)C(=O)O)C1CCN(C(=O)C2CC2)CC1. The lowest BCUT2D eigenvalue weighted by Crippen LogP contribution is -2.48. The van der Waals surface area contributed by atoms with Gasteiger partial charge in [0, 0.05) is 43.7 Å². The molecule has 2 aliphatic rings. The molecule has 134 valence electrons. The molecular formula is C18H23N3O4. The van der Waals surface area contributed by atoms with Crippen LogP contribution >= 0.6 is 0 Å². The van der Waals surface area contributed by atoms with Crippen molar-refractivity contribution in [3.63, 3.8) is 0 Å². The van der Waals surface area contributed by atoms with E-state index in [2.05, 4.69) is 10.3 Å². The number of likely N-dealkylation sites (tertiary alicyclic amines) is 1. The van der Waals surface area contributed by atoms with Gasteiger partial charge in [0.25, 0.3) is 0 Å². The highest BCUT2D eigenvalue weighted by Crippen LogP contribution is 2.32. The topological polar surface area (TPSA) is 99.6 Å². The van der Waals surface area contributed by atoms with Gasteiger partial charge in [0.2, 0.25) is 11.8 Å². The van der Waals surface area contributed by atoms with Crippen molar-refractivity contribution in [1.82, 2.24) is 15.2 Å². The predicted molar refractivity (Wildman–Crippen MR) is 89.5 cm³/mol. The van der Waals surface area contributed by atoms with Gasteiger partial charge in [0.05, 0.1) is 0 Å². The van der Waals surface area contributed by atoms with Crippen LogP contribution in [0, 0.1) is 11.8 Å². The summed E-state index contributed by atoms with van der Waals surface area (Å²) < 4.78 is 0. The minimum atomic E-state index is -1.05. The van der Waals surface area contributed by atoms with Gasteiger partial charge in [0.1, 0.15) is 6.04 Å². The molecule has 25 heavy (non-hydrogen) atoms. The molecular weight excluding hydrogens is 322 g/mol. The van der Waals surface area contributed by atoms with Gasteiger partial charge in [-0.2, -0.15) is 0 Å². The number of amides is 2. The fourth-order valence-electron chi connectivity index (χ4n) is 3.19. The standard InChI is InChI=1S/C18H23N3O4/c22-16(13-5-9-21(10-6-13)17(23)14-1-2-14)20-15(18(24)25)11-12-3-7-19-8-4-12/h3-4,7-8,13-15H,1-2,5-6,9-11H2,(H,20,22)(H,24,25)/t15-/m0/s1. The Hall–Kier alpha value is -2.44. The minimum absolute atomic E-state index is 0.196. The summed E-state index contributed by atoms with van der Waals surface area (Å²) in [6, 6.07) is 2.52. The second-order valence-corrected chi connectivity index (χ2v) is 6.83. The van der Waals surface area contributed by atoms with Crippen molar-refractivity contribution in [3.8, 4) is 0 Å². The molecule has 1 aliphatic heterocycles. The molecule has 2 N–H and O–H groups in total. The number of rotatable bonds is 6. The summed E-state index contributed by atoms with van der Waals surface area (Å²) in [5, 5.41) is 12.0. The van der Waals surface area contributed by atoms with Crippen LogP contribution in [0.4, 0.5) is 0 Å². The largest absolute Gasteiger partial charge is 0.480 e. The Morgan fingerprint density at radius 3 is 2.32 bits per heavy atom. The summed E-state index contributed by atoms with van der Waals surface area (Å²) in [4.78, 5) is 41.7. The molecule has 2 heterocycles. The first-order valence-corrected chi connectivity index (χ1v) is 8.75. The molecule has 2 amide bonds. The average molecular weight is 345 g/mol. The maximum Gasteiger partial charge on any atom is 0.326 e. The van der Waals surface area contributed by atoms with Gasteiger partial charge in [-0.1, -0.05) is 0 Å². The number of carbonyl (C=O) groups excluding carboxylic acids is 2. The Morgan fingerprint density at radius 1 is 1.12 bits per heavy atom. The zero-order valence-corrected chi connectivity index (χ0v) is 14.1. The van der Waals surface area contributed by atoms with Gasteiger partial charge in [-0.3, -0.25) is 14.6 Å². The van der Waals surface area contributed by atoms with Gasteiger partial charge in [0.15, 0.2) is 0 Å². The molecule has 1 aliphatic carbocycles. The molecule has 1 aromatic heterocycles. The Kier molecular flexibility index (Phi) is 5.31. The van der Waals surface area contributed by atoms with Crippen molar-refractivity contribution in [2.24, 2.45) is 11.8 Å². The first-order chi connectivity index (χ1) is 12.0. The summed E-state index contributed by atoms with van der Waals surface area (Å²) in [5.41, 5.74) is 0.813. The summed E-state index contributed by atoms with van der Waals surface area (Å²) in [7, 11) is 0. The zero-order chi connectivity index (χ0) is 17.8. The van der Waals surface area contributed by atoms with Crippen LogP contribution in [-0.4, -0.2) is 51.9 Å². The Balaban J connectivity index is 1.51. The molecule has 1 atom stereocenters. The summed E-state index contributed by atoms with van der Waals surface area (Å²) in [6.45, 7) is 1.16. The van der Waals surface area contributed by atoms with Crippen molar-refractivity contribution < 1.29 is 19.5 Å². The maximum absolute atomic E-state index is 12.4. The number of hydrogen-bond acceptors (Lipinski definition) is 4. The molecule has 7 heteroatoms. The first-order valence-electron chi connectivity index (χ1n) is 8.75. The maximum atomic E-state index is 12.4. The smallest absolute Gasteiger partial charge is 0.326 e. The fourth-order valence-corrected chi connectivity index (χ4v) is 3.19. The van der Waals surface area contributed by atoms with Crippen LogP contribution in [-0.2, 0) is 20.8 Å². The molecule has 1 aromatic rings. The molecule has 0 unspecified atom stereocenters. The van der Waals surface area contributed by atoms with Crippen LogP contribution in [0.15, 0.2) is 24.5 Å². The Morgan fingerprint density at radius 2 is 1.76 bits per heavy atom. The highest BCUT2D eigenvalue weighted by molar-refractivity contribution is 5.86. The average Bonchev–Trinajstić information content (AvgIpc) is 3.46. The van der Waals surface area contributed by atoms with Gasteiger partial charge in [-0.25, -0.2) is 4.79 Å². The number of carboxylic acids is 1. The van der Waals surface area contributed by atoms with Crippen LogP contribution < -0.4 is 5.32 Å². The number of pyridine rings is 1. The van der Waals surface area contributed by atoms with E-state index >= 15 is 0 Å². The Labute approximate surface area is 146 Å². The molecule has 7 nitrogen and oxygen atoms in total. The van der Waals surface area contributed by atoms with Crippen molar-refractivity contribution in [1.29, 1.82) is 0 Å². The van der Waals surface area contributed by atoms with E-state index in [4.69, 9.17) is 0 Å². The van der Waals surface area contributed by atoms with E-state index in [1.165, 1.54) is 0 Å². The van der Waals surface area contributed by atoms with Crippen molar-refractivity contribution >= 4 is 17.8 Å². The molecule has 0 aromatic carbocycles. The van der Waals surface area contributed by atoms with E-state index in [1.54, 1.807) is 24.5 Å². The van der Waals surface area contributed by atoms with E-state index in [1.807, 2.05) is 4.90 Å². The number of hydrogen-bond donors (Lipinski definition) is 2. The quantitative estimate of drug-likeness (QED) is 0.796. The van der Waals surface area contributed by atoms with Crippen LogP contribution in [0.5, 0.6) is 0 Å². The second-order valence-electron chi connectivity index (χ2n) is 6.83. The highest BCUT2D eigenvalue weighted by Gasteiger charge is 2.36. The molecule has 0 radical (unpaired) electrons. The van der Waals surface area contributed by atoms with E-state index < -0.39 is 12.0 Å². The van der Waals surface area contributed by atoms with Crippen LogP contribution in [0.2, 0.25) is 0 Å². The van der Waals surface area contributed by atoms with Crippen LogP contribution in [0.25, 0.3) is 0 Å². The van der Waals surface area contributed by atoms with E-state index in [0.717, 1.165) is 18.4 Å². The summed E-state index contributed by atoms with van der Waals surface area (Å²) in [6.07, 6.45) is 6.56. The number of aliphatic carboxylic acids is 1. The van der Waals surface area contributed by atoms with E-state index in [9.17, 15) is 19.5 Å². The van der Waals surface area contributed by atoms with Gasteiger partial charge in [-0.15, -0.1) is 0 Å². The molecule has 0 spiro atoms. The number of piperidine rings is 1. The predicted octanol–water partition coefficient (Wildman–Crippen LogP) is 0.842. The minimum Gasteiger partial charge on any atom is -0.480 e. The van der Waals surface area contributed by atoms with Gasteiger partial charge >= 0.3 is 5.97 Å². The zero-order valence-electron chi connectivity index (χ0n) is 14.1. The molecule has 1 saturated carbocycles. The number of nitrogens with zero attached hydrogens (tertiary/aromatic N) is 2. The lowest BCUT2D eigenvalue weighted by Gasteiger charge is -2.32. The third kappa shape index (κ3) is 4.55. The summed E-state index contributed by atoms with van der Waals surface area (Å²) in [5.74, 6) is -1.11. The lowest BCUT2D eigenvalue weighted by molar-refractivity contribution is -0.143. The van der Waals surface area contributed by atoms with Crippen molar-refractivity contribution in [3.05, 3.63) is 30.1 Å². The number of carboxylic acid groups (broad SMARTS) is 1. The fraction of sp³-hybridized carbons (Fsp3) is 0.556. The Bertz CT molecular complexity index is 637. The first kappa shape index (κ1) is 17.4. The highest BCUT2D eigenvalue weighted by atomic mass is 16.4. The number of carbonyl (C=O) groups is 3. The van der Waals surface area contributed by atoms with Gasteiger partial charge in [-0.05, 0) is 43.4 Å². The van der Waals surface area contributed by atoms with E-state index in [-0.39, 0.29) is 30.1 Å². The third-order valence-corrected chi connectivity index (χ3v) is 4.91. The van der Waals surface area contributed by atoms with Crippen molar-refractivity contribution in [2.75, 3.05) is 13.1 Å². The lowest BCUT2D eigenvalue weighted by atomic mass is 9.94. The van der Waals surface area contributed by atoms with Crippen LogP contribution in [0.1, 0.15) is 31.2 Å². The van der Waals surface area contributed by atoms with E-state index in [0.29, 0.717) is 25.9 Å². The molecule has 1 saturated heterocycles. The van der Waals surface area contributed by atoms with Crippen molar-refractivity contribution in [2.45, 2.75) is 38.1 Å². The monoisotopic (exact) mass is 345 g/mol. The molecule has 2 fully saturated rings. The van der Waals surface area contributed by atoms with Crippen LogP contribution in [0.3, 0.4) is 0 Å². The second kappa shape index (κ2) is 7.63. The third-order valence-electron chi connectivity index (χ3n) is 4.91. The number of nitrogens with one attached hydrogen (secondary N) is 1. The van der Waals surface area contributed by atoms with Gasteiger partial charge < -0.3 is 15.3 Å². The molecule has 3 rings (SSSR count). The number of aromatic nitrogens is 1. The summed E-state index contributed by atoms with van der Waals surface area (Å²) >= 11 is 0.